The highest BCUT2D eigenvalue weighted by atomic mass is 31.2. The molecule has 0 unspecified atom stereocenters. The van der Waals surface area contributed by atoms with Crippen LogP contribution in [0.2, 0.25) is 0 Å². The molecule has 0 N–H and O–H groups in total. The molecule has 0 spiro atoms. The summed E-state index contributed by atoms with van der Waals surface area (Å²) in [6, 6.07) is 0. The fraction of sp³-hybridized carbons (Fsp3) is 0.400. The van der Waals surface area contributed by atoms with Crippen molar-refractivity contribution in [3.05, 3.63) is 63.6 Å². The van der Waals surface area contributed by atoms with Crippen LogP contribution in [-0.2, 0) is 74.8 Å². The zero-order valence-corrected chi connectivity index (χ0v) is 25.7. The molecule has 0 aliphatic rings. The van der Waals surface area contributed by atoms with Crippen molar-refractivity contribution in [2.75, 3.05) is 52.9 Å². The third-order valence-corrected chi connectivity index (χ3v) is 8.31. The molecule has 0 atom stereocenters. The predicted molar refractivity (Wildman–Crippen MR) is 152 cm³/mol. The van der Waals surface area contributed by atoms with Crippen LogP contribution in [0.5, 0.6) is 0 Å². The van der Waals surface area contributed by atoms with Crippen molar-refractivity contribution < 1.29 is 74.8 Å². The standard InChI is InChI=1S/C25H35NO16P2/c1-6-21(27)35-15-18-40-44(41-19-16-36-22(28)7-2,42-20-17-37-23(29)8-3)26-43(32,38-13-11-24(30)33-9-4)39-14-12-25(31)34-10-5/h6-10H,1-5,11-20H2. The van der Waals surface area contributed by atoms with Gasteiger partial charge in [-0.1, -0.05) is 32.9 Å². The maximum atomic E-state index is 13.8. The van der Waals surface area contributed by atoms with Crippen LogP contribution in [0, 0.1) is 0 Å². The summed E-state index contributed by atoms with van der Waals surface area (Å²) in [4.78, 5) is 57.8. The van der Waals surface area contributed by atoms with E-state index in [1.54, 1.807) is 0 Å². The molecule has 0 bridgehead atoms. The Balaban J connectivity index is 6.44. The molecule has 0 saturated carbocycles. The van der Waals surface area contributed by atoms with Gasteiger partial charge in [-0.15, -0.1) is 4.52 Å². The lowest BCUT2D eigenvalue weighted by Crippen LogP contribution is -2.15. The predicted octanol–water partition coefficient (Wildman–Crippen LogP) is 3.46. The van der Waals surface area contributed by atoms with Crippen LogP contribution in [0.1, 0.15) is 12.8 Å². The van der Waals surface area contributed by atoms with Crippen molar-refractivity contribution in [3.8, 4) is 0 Å². The first-order chi connectivity index (χ1) is 21.0. The lowest BCUT2D eigenvalue weighted by Gasteiger charge is -2.25. The van der Waals surface area contributed by atoms with Crippen molar-refractivity contribution in [1.82, 2.24) is 0 Å². The third kappa shape index (κ3) is 19.5. The van der Waals surface area contributed by atoms with Crippen molar-refractivity contribution in [1.29, 1.82) is 0 Å². The maximum absolute atomic E-state index is 13.8. The van der Waals surface area contributed by atoms with Crippen LogP contribution in [0.3, 0.4) is 0 Å². The van der Waals surface area contributed by atoms with E-state index in [2.05, 4.69) is 46.9 Å². The first-order valence-corrected chi connectivity index (χ1v) is 15.4. The van der Waals surface area contributed by atoms with Crippen molar-refractivity contribution in [3.63, 3.8) is 0 Å². The normalized spacial score (nSPS) is 10.8. The Bertz CT molecular complexity index is 1030. The number of nitrogens with zero attached hydrogens (tertiary/aromatic N) is 1. The largest absolute Gasteiger partial charge is 0.460 e. The number of ether oxygens (including phenoxy) is 5. The van der Waals surface area contributed by atoms with Gasteiger partial charge in [-0.25, -0.2) is 18.9 Å². The molecule has 0 radical (unpaired) electrons. The molecule has 246 valence electrons. The first-order valence-electron chi connectivity index (χ1n) is 12.4. The Morgan fingerprint density at radius 2 is 0.864 bits per heavy atom. The van der Waals surface area contributed by atoms with E-state index in [4.69, 9.17) is 36.8 Å². The highest BCUT2D eigenvalue weighted by molar-refractivity contribution is 7.63. The Hall–Kier alpha value is -3.69. The van der Waals surface area contributed by atoms with Gasteiger partial charge in [-0.05, 0) is 0 Å². The molecule has 0 saturated heterocycles. The van der Waals surface area contributed by atoms with E-state index in [1.807, 2.05) is 0 Å². The smallest absolute Gasteiger partial charge is 0.458 e. The van der Waals surface area contributed by atoms with Crippen LogP contribution in [-0.4, -0.2) is 82.7 Å². The Morgan fingerprint density at radius 1 is 0.523 bits per heavy atom. The molecular formula is C25H35NO16P2. The fourth-order valence-electron chi connectivity index (χ4n) is 2.27. The molecule has 0 aromatic rings. The Labute approximate surface area is 254 Å². The number of carbonyl (C=O) groups is 5. The summed E-state index contributed by atoms with van der Waals surface area (Å²) in [6.07, 6.45) is 3.56. The lowest BCUT2D eigenvalue weighted by atomic mass is 10.5. The van der Waals surface area contributed by atoms with E-state index in [9.17, 15) is 28.5 Å². The van der Waals surface area contributed by atoms with Gasteiger partial charge in [-0.3, -0.25) is 32.2 Å². The van der Waals surface area contributed by atoms with Crippen LogP contribution < -0.4 is 0 Å². The molecule has 0 aromatic heterocycles. The van der Waals surface area contributed by atoms with E-state index < -0.39 is 111 Å². The Kier molecular flexibility index (Phi) is 21.7. The highest BCUT2D eigenvalue weighted by Gasteiger charge is 2.35. The number of carbonyl (C=O) groups excluding carboxylic acids is 5. The zero-order valence-electron chi connectivity index (χ0n) is 23.9. The van der Waals surface area contributed by atoms with Crippen molar-refractivity contribution in [2.24, 2.45) is 4.52 Å². The molecule has 19 heteroatoms. The fourth-order valence-corrected chi connectivity index (χ4v) is 6.23. The summed E-state index contributed by atoms with van der Waals surface area (Å²) >= 11 is 0. The molecule has 0 aromatic carbocycles. The topological polar surface area (TPSA) is 207 Å². The summed E-state index contributed by atoms with van der Waals surface area (Å²) in [5.74, 6) is -3.98. The first kappa shape index (κ1) is 40.3. The van der Waals surface area contributed by atoms with Crippen LogP contribution in [0.25, 0.3) is 0 Å². The van der Waals surface area contributed by atoms with Gasteiger partial charge in [0, 0.05) is 18.2 Å². The molecular weight excluding hydrogens is 632 g/mol. The van der Waals surface area contributed by atoms with Crippen molar-refractivity contribution >= 4 is 45.3 Å². The SMILES string of the molecule is C=COC(=O)CCOP(=O)(N=P(OCCOC(=O)C=C)(OCCOC(=O)C=C)OCCOC(=O)C=C)OCCC(=O)OC=C. The van der Waals surface area contributed by atoms with Gasteiger partial charge in [0.2, 0.25) is 0 Å². The van der Waals surface area contributed by atoms with E-state index in [0.29, 0.717) is 0 Å². The molecule has 17 nitrogen and oxygen atoms in total. The van der Waals surface area contributed by atoms with Gasteiger partial charge >= 0.3 is 45.3 Å². The van der Waals surface area contributed by atoms with Gasteiger partial charge in [0.25, 0.3) is 0 Å². The Morgan fingerprint density at radius 3 is 1.16 bits per heavy atom. The average molecular weight is 667 g/mol. The molecule has 0 heterocycles. The van der Waals surface area contributed by atoms with Crippen LogP contribution >= 0.6 is 15.5 Å². The number of rotatable bonds is 26. The quantitative estimate of drug-likeness (QED) is 0.0323. The summed E-state index contributed by atoms with van der Waals surface area (Å²) in [5, 5.41) is 0. The summed E-state index contributed by atoms with van der Waals surface area (Å²) < 4.78 is 69.0. The monoisotopic (exact) mass is 667 g/mol. The summed E-state index contributed by atoms with van der Waals surface area (Å²) in [5.41, 5.74) is 0. The minimum Gasteiger partial charge on any atom is -0.460 e. The second-order valence-corrected chi connectivity index (χ2v) is 11.0. The molecule has 0 fully saturated rings. The van der Waals surface area contributed by atoms with Gasteiger partial charge in [0.15, 0.2) is 0 Å². The maximum Gasteiger partial charge on any atom is 0.458 e. The van der Waals surface area contributed by atoms with E-state index in [0.717, 1.165) is 30.8 Å². The van der Waals surface area contributed by atoms with Crippen molar-refractivity contribution in [2.45, 2.75) is 12.8 Å². The number of hydrogen-bond donors (Lipinski definition) is 0. The zero-order chi connectivity index (χ0) is 33.3. The molecule has 44 heavy (non-hydrogen) atoms. The van der Waals surface area contributed by atoms with E-state index >= 15 is 0 Å². The molecule has 0 aliphatic carbocycles. The highest BCUT2D eigenvalue weighted by Crippen LogP contribution is 2.65. The average Bonchev–Trinajstić information content (AvgIpc) is 2.99. The molecule has 0 rings (SSSR count). The van der Waals surface area contributed by atoms with Crippen LogP contribution in [0.4, 0.5) is 0 Å². The van der Waals surface area contributed by atoms with Gasteiger partial charge in [-0.2, -0.15) is 0 Å². The molecule has 0 aliphatic heterocycles. The number of esters is 5. The second-order valence-electron chi connectivity index (χ2n) is 7.12. The van der Waals surface area contributed by atoms with Crippen LogP contribution in [0.15, 0.2) is 68.2 Å². The second kappa shape index (κ2) is 23.7. The summed E-state index contributed by atoms with van der Waals surface area (Å²) in [7, 11) is -9.03. The molecule has 0 amide bonds. The summed E-state index contributed by atoms with van der Waals surface area (Å²) in [6.45, 7) is 12.6. The van der Waals surface area contributed by atoms with Gasteiger partial charge in [0.1, 0.15) is 19.8 Å². The number of hydrogen-bond acceptors (Lipinski definition) is 16. The lowest BCUT2D eigenvalue weighted by molar-refractivity contribution is -0.140. The van der Waals surface area contributed by atoms with E-state index in [1.165, 1.54) is 0 Å². The third-order valence-electron chi connectivity index (χ3n) is 4.02. The minimum absolute atomic E-state index is 0.390. The van der Waals surface area contributed by atoms with Gasteiger partial charge < -0.3 is 23.7 Å². The minimum atomic E-state index is -4.75. The van der Waals surface area contributed by atoms with E-state index in [-0.39, 0.29) is 0 Å². The van der Waals surface area contributed by atoms with Gasteiger partial charge in [0.05, 0.1) is 58.4 Å².